The van der Waals surface area contributed by atoms with E-state index in [2.05, 4.69) is 25.5 Å². The molecule has 10 heteroatoms. The molecule has 0 aliphatic carbocycles. The maximum atomic E-state index is 13.2. The molecule has 0 bridgehead atoms. The van der Waals surface area contributed by atoms with Crippen LogP contribution in [0, 0.1) is 19.7 Å². The van der Waals surface area contributed by atoms with Crippen LogP contribution in [0.25, 0.3) is 0 Å². The molecule has 3 aromatic rings. The minimum absolute atomic E-state index is 0.0712. The molecule has 1 atom stereocenters. The largest absolute Gasteiger partial charge is 0.323 e. The standard InChI is InChI=1S/C19H21FN6O2S/c1-12-10-19(25-24-12)23-18-11-16(21-13(2)22-18)17-4-3-9-26(17)29(27,28)15-7-5-14(20)6-8-15/h5-8,10-11,17H,3-4,9H2,1-2H3,(H2,21,22,23,24,25)/t17-/m0/s1. The summed E-state index contributed by atoms with van der Waals surface area (Å²) in [5.74, 6) is 1.22. The first-order valence-corrected chi connectivity index (χ1v) is 10.7. The molecule has 2 N–H and O–H groups in total. The first-order chi connectivity index (χ1) is 13.8. The van der Waals surface area contributed by atoms with Gasteiger partial charge in [0.1, 0.15) is 17.5 Å². The number of sulfonamides is 1. The molecule has 0 unspecified atom stereocenters. The first-order valence-electron chi connectivity index (χ1n) is 9.25. The summed E-state index contributed by atoms with van der Waals surface area (Å²) in [5, 5.41) is 10.1. The van der Waals surface area contributed by atoms with E-state index in [1.165, 1.54) is 16.4 Å². The zero-order valence-corrected chi connectivity index (χ0v) is 16.9. The number of halogens is 1. The van der Waals surface area contributed by atoms with Crippen LogP contribution in [0.5, 0.6) is 0 Å². The number of aromatic amines is 1. The predicted molar refractivity (Wildman–Crippen MR) is 106 cm³/mol. The van der Waals surface area contributed by atoms with Crippen molar-refractivity contribution < 1.29 is 12.8 Å². The highest BCUT2D eigenvalue weighted by atomic mass is 32.2. The van der Waals surface area contributed by atoms with E-state index in [9.17, 15) is 12.8 Å². The van der Waals surface area contributed by atoms with Crippen molar-refractivity contribution in [2.45, 2.75) is 37.6 Å². The molecule has 0 spiro atoms. The third-order valence-corrected chi connectivity index (χ3v) is 6.71. The number of hydrogen-bond donors (Lipinski definition) is 2. The Hall–Kier alpha value is -2.85. The molecule has 4 rings (SSSR count). The van der Waals surface area contributed by atoms with Crippen LogP contribution in [-0.4, -0.2) is 39.4 Å². The maximum absolute atomic E-state index is 13.2. The molecule has 1 fully saturated rings. The number of H-pyrrole nitrogens is 1. The van der Waals surface area contributed by atoms with Gasteiger partial charge in [0.2, 0.25) is 10.0 Å². The van der Waals surface area contributed by atoms with Gasteiger partial charge in [-0.15, -0.1) is 0 Å². The Kier molecular flexibility index (Phi) is 5.05. The maximum Gasteiger partial charge on any atom is 0.243 e. The summed E-state index contributed by atoms with van der Waals surface area (Å²) < 4.78 is 40.9. The minimum atomic E-state index is -3.77. The van der Waals surface area contributed by atoms with Crippen LogP contribution in [-0.2, 0) is 10.0 Å². The lowest BCUT2D eigenvalue weighted by molar-refractivity contribution is 0.389. The quantitative estimate of drug-likeness (QED) is 0.662. The van der Waals surface area contributed by atoms with Crippen LogP contribution in [0.2, 0.25) is 0 Å². The van der Waals surface area contributed by atoms with E-state index < -0.39 is 21.9 Å². The van der Waals surface area contributed by atoms with E-state index in [0.29, 0.717) is 36.1 Å². The fourth-order valence-corrected chi connectivity index (χ4v) is 5.17. The molecule has 29 heavy (non-hydrogen) atoms. The van der Waals surface area contributed by atoms with E-state index in [0.717, 1.165) is 24.2 Å². The number of aromatic nitrogens is 4. The van der Waals surface area contributed by atoms with Crippen molar-refractivity contribution in [3.63, 3.8) is 0 Å². The normalized spacial score (nSPS) is 17.6. The summed E-state index contributed by atoms with van der Waals surface area (Å²) in [7, 11) is -3.77. The Labute approximate surface area is 168 Å². The van der Waals surface area contributed by atoms with Crippen molar-refractivity contribution >= 4 is 21.7 Å². The molecule has 0 saturated carbocycles. The zero-order valence-electron chi connectivity index (χ0n) is 16.1. The average Bonchev–Trinajstić information content (AvgIpc) is 3.31. The van der Waals surface area contributed by atoms with Crippen molar-refractivity contribution in [3.8, 4) is 0 Å². The van der Waals surface area contributed by atoms with Crippen LogP contribution in [0.15, 0.2) is 41.3 Å². The van der Waals surface area contributed by atoms with E-state index >= 15 is 0 Å². The SMILES string of the molecule is Cc1nc(Nc2cc(C)[nH]n2)cc([C@@H]2CCCN2S(=O)(=O)c2ccc(F)cc2)n1. The van der Waals surface area contributed by atoms with E-state index in [4.69, 9.17) is 0 Å². The van der Waals surface area contributed by atoms with Gasteiger partial charge in [-0.3, -0.25) is 5.10 Å². The number of nitrogens with zero attached hydrogens (tertiary/aromatic N) is 4. The van der Waals surface area contributed by atoms with Gasteiger partial charge in [0.15, 0.2) is 5.82 Å². The second-order valence-electron chi connectivity index (χ2n) is 7.01. The van der Waals surface area contributed by atoms with Crippen molar-refractivity contribution in [2.75, 3.05) is 11.9 Å². The lowest BCUT2D eigenvalue weighted by atomic mass is 10.1. The molecule has 3 heterocycles. The molecule has 0 amide bonds. The van der Waals surface area contributed by atoms with Crippen LogP contribution >= 0.6 is 0 Å². The molecule has 1 aliphatic heterocycles. The monoisotopic (exact) mass is 416 g/mol. The third-order valence-electron chi connectivity index (χ3n) is 4.79. The van der Waals surface area contributed by atoms with Gasteiger partial charge in [0.25, 0.3) is 0 Å². The Morgan fingerprint density at radius 3 is 2.59 bits per heavy atom. The zero-order chi connectivity index (χ0) is 20.6. The van der Waals surface area contributed by atoms with Crippen LogP contribution in [0.3, 0.4) is 0 Å². The lowest BCUT2D eigenvalue weighted by Gasteiger charge is -2.24. The van der Waals surface area contributed by atoms with Gasteiger partial charge in [-0.25, -0.2) is 22.8 Å². The summed E-state index contributed by atoms with van der Waals surface area (Å²) in [6.07, 6.45) is 1.37. The molecule has 152 valence electrons. The highest BCUT2D eigenvalue weighted by Gasteiger charge is 2.37. The summed E-state index contributed by atoms with van der Waals surface area (Å²) in [6, 6.07) is 8.07. The van der Waals surface area contributed by atoms with Gasteiger partial charge >= 0.3 is 0 Å². The molecule has 8 nitrogen and oxygen atoms in total. The summed E-state index contributed by atoms with van der Waals surface area (Å²) >= 11 is 0. The highest BCUT2D eigenvalue weighted by Crippen LogP contribution is 2.36. The van der Waals surface area contributed by atoms with E-state index in [1.807, 2.05) is 13.0 Å². The number of nitrogens with one attached hydrogen (secondary N) is 2. The lowest BCUT2D eigenvalue weighted by Crippen LogP contribution is -2.31. The molecular weight excluding hydrogens is 395 g/mol. The number of aryl methyl sites for hydroxylation is 2. The van der Waals surface area contributed by atoms with Gasteiger partial charge in [-0.2, -0.15) is 9.40 Å². The van der Waals surface area contributed by atoms with Gasteiger partial charge in [-0.1, -0.05) is 0 Å². The number of benzene rings is 1. The number of rotatable bonds is 5. The Morgan fingerprint density at radius 2 is 1.90 bits per heavy atom. The highest BCUT2D eigenvalue weighted by molar-refractivity contribution is 7.89. The second-order valence-corrected chi connectivity index (χ2v) is 8.90. The van der Waals surface area contributed by atoms with Gasteiger partial charge in [0, 0.05) is 24.4 Å². The Bertz CT molecular complexity index is 1130. The Balaban J connectivity index is 1.65. The second kappa shape index (κ2) is 7.53. The van der Waals surface area contributed by atoms with E-state index in [1.54, 1.807) is 13.0 Å². The number of anilines is 2. The molecule has 1 saturated heterocycles. The predicted octanol–water partition coefficient (Wildman–Crippen LogP) is 3.23. The molecule has 1 aromatic carbocycles. The Morgan fingerprint density at radius 1 is 1.14 bits per heavy atom. The topological polar surface area (TPSA) is 104 Å². The van der Waals surface area contributed by atoms with E-state index in [-0.39, 0.29) is 4.90 Å². The van der Waals surface area contributed by atoms with Gasteiger partial charge < -0.3 is 5.32 Å². The average molecular weight is 416 g/mol. The van der Waals surface area contributed by atoms with Crippen molar-refractivity contribution in [1.29, 1.82) is 0 Å². The fraction of sp³-hybridized carbons (Fsp3) is 0.316. The van der Waals surface area contributed by atoms with Gasteiger partial charge in [0.05, 0.1) is 16.6 Å². The fourth-order valence-electron chi connectivity index (χ4n) is 3.50. The van der Waals surface area contributed by atoms with Gasteiger partial charge in [-0.05, 0) is 51.0 Å². The molecule has 1 aliphatic rings. The smallest absolute Gasteiger partial charge is 0.243 e. The molecule has 0 radical (unpaired) electrons. The summed E-state index contributed by atoms with van der Waals surface area (Å²) in [6.45, 7) is 4.04. The summed E-state index contributed by atoms with van der Waals surface area (Å²) in [4.78, 5) is 8.94. The van der Waals surface area contributed by atoms with Crippen LogP contribution < -0.4 is 5.32 Å². The summed E-state index contributed by atoms with van der Waals surface area (Å²) in [5.41, 5.74) is 1.53. The third kappa shape index (κ3) is 3.99. The van der Waals surface area contributed by atoms with Crippen LogP contribution in [0.1, 0.15) is 36.1 Å². The van der Waals surface area contributed by atoms with Crippen molar-refractivity contribution in [1.82, 2.24) is 24.5 Å². The van der Waals surface area contributed by atoms with Crippen molar-refractivity contribution in [2.24, 2.45) is 0 Å². The first kappa shape index (κ1) is 19.5. The molecular formula is C19H21FN6O2S. The van der Waals surface area contributed by atoms with Crippen LogP contribution in [0.4, 0.5) is 16.0 Å². The minimum Gasteiger partial charge on any atom is -0.323 e. The van der Waals surface area contributed by atoms with Crippen molar-refractivity contribution in [3.05, 3.63) is 59.4 Å². The molecule has 2 aromatic heterocycles. The number of hydrogen-bond acceptors (Lipinski definition) is 6.